The van der Waals surface area contributed by atoms with Crippen molar-refractivity contribution >= 4 is 33.5 Å². The number of thiazole rings is 1. The molecule has 4 rings (SSSR count). The first-order valence-corrected chi connectivity index (χ1v) is 10.4. The molecule has 0 amide bonds. The second kappa shape index (κ2) is 8.26. The standard InChI is InChI=1S/C20H18FN5O4S/c1-13-11-23(18-7-6-16(25(27)28)10-19(18)26(29)30)8-9-24(13)20-22-17(12-31-20)14-2-4-15(21)5-3-14/h2-7,10,12-13H,8-9,11H2,1H3/t13-/m1/s1. The first kappa shape index (κ1) is 20.7. The Bertz CT molecular complexity index is 1140. The van der Waals surface area contributed by atoms with Crippen LogP contribution in [0.25, 0.3) is 11.3 Å². The molecule has 0 spiro atoms. The highest BCUT2D eigenvalue weighted by atomic mass is 32.1. The molecule has 9 nitrogen and oxygen atoms in total. The Labute approximate surface area is 180 Å². The Morgan fingerprint density at radius 2 is 1.84 bits per heavy atom. The minimum atomic E-state index is -0.640. The van der Waals surface area contributed by atoms with Gasteiger partial charge in [-0.1, -0.05) is 0 Å². The Balaban J connectivity index is 1.53. The molecular formula is C20H18FN5O4S. The van der Waals surface area contributed by atoms with Crippen molar-refractivity contribution in [1.82, 2.24) is 4.98 Å². The van der Waals surface area contributed by atoms with E-state index in [1.807, 2.05) is 17.2 Å². The zero-order valence-electron chi connectivity index (χ0n) is 16.5. The third kappa shape index (κ3) is 4.17. The van der Waals surface area contributed by atoms with Gasteiger partial charge in [-0.25, -0.2) is 9.37 Å². The summed E-state index contributed by atoms with van der Waals surface area (Å²) in [5.74, 6) is -0.302. The van der Waals surface area contributed by atoms with E-state index in [4.69, 9.17) is 0 Å². The lowest BCUT2D eigenvalue weighted by Crippen LogP contribution is -2.52. The number of nitro benzene ring substituents is 2. The number of hydrogen-bond acceptors (Lipinski definition) is 8. The van der Waals surface area contributed by atoms with Crippen LogP contribution in [0.1, 0.15) is 6.92 Å². The van der Waals surface area contributed by atoms with Crippen molar-refractivity contribution in [3.63, 3.8) is 0 Å². The van der Waals surface area contributed by atoms with Crippen LogP contribution in [0.2, 0.25) is 0 Å². The maximum atomic E-state index is 13.2. The Morgan fingerprint density at radius 1 is 1.10 bits per heavy atom. The summed E-state index contributed by atoms with van der Waals surface area (Å²) in [4.78, 5) is 29.9. The summed E-state index contributed by atoms with van der Waals surface area (Å²) < 4.78 is 13.2. The van der Waals surface area contributed by atoms with Crippen molar-refractivity contribution < 1.29 is 14.2 Å². The molecule has 31 heavy (non-hydrogen) atoms. The Hall–Kier alpha value is -3.60. The van der Waals surface area contributed by atoms with E-state index in [0.717, 1.165) is 22.5 Å². The first-order valence-electron chi connectivity index (χ1n) is 9.49. The average Bonchev–Trinajstić information content (AvgIpc) is 3.23. The highest BCUT2D eigenvalue weighted by Gasteiger charge is 2.30. The molecule has 1 atom stereocenters. The van der Waals surface area contributed by atoms with Crippen LogP contribution in [-0.2, 0) is 0 Å². The van der Waals surface area contributed by atoms with E-state index < -0.39 is 9.85 Å². The number of anilines is 2. The fourth-order valence-corrected chi connectivity index (χ4v) is 4.61. The van der Waals surface area contributed by atoms with Gasteiger partial charge in [0.25, 0.3) is 11.4 Å². The summed E-state index contributed by atoms with van der Waals surface area (Å²) in [6.45, 7) is 3.60. The summed E-state index contributed by atoms with van der Waals surface area (Å²) in [7, 11) is 0. The molecule has 11 heteroatoms. The minimum Gasteiger partial charge on any atom is -0.362 e. The van der Waals surface area contributed by atoms with E-state index in [0.29, 0.717) is 25.3 Å². The molecule has 0 radical (unpaired) electrons. The van der Waals surface area contributed by atoms with Gasteiger partial charge in [0, 0.05) is 42.7 Å². The molecule has 1 saturated heterocycles. The maximum absolute atomic E-state index is 13.2. The number of hydrogen-bond donors (Lipinski definition) is 0. The zero-order chi connectivity index (χ0) is 22.1. The number of benzene rings is 2. The Morgan fingerprint density at radius 3 is 2.48 bits per heavy atom. The molecule has 0 unspecified atom stereocenters. The monoisotopic (exact) mass is 443 g/mol. The van der Waals surface area contributed by atoms with Gasteiger partial charge in [0.1, 0.15) is 11.5 Å². The van der Waals surface area contributed by atoms with Crippen molar-refractivity contribution in [3.8, 4) is 11.3 Å². The van der Waals surface area contributed by atoms with E-state index in [1.165, 1.54) is 35.6 Å². The van der Waals surface area contributed by atoms with Crippen LogP contribution >= 0.6 is 11.3 Å². The van der Waals surface area contributed by atoms with Crippen LogP contribution in [-0.4, -0.2) is 40.5 Å². The number of aromatic nitrogens is 1. The van der Waals surface area contributed by atoms with Crippen LogP contribution in [0.15, 0.2) is 47.8 Å². The fraction of sp³-hybridized carbons (Fsp3) is 0.250. The molecular weight excluding hydrogens is 425 g/mol. The van der Waals surface area contributed by atoms with E-state index in [2.05, 4.69) is 9.88 Å². The van der Waals surface area contributed by atoms with Crippen LogP contribution in [0.4, 0.5) is 26.6 Å². The SMILES string of the molecule is C[C@@H]1CN(c2ccc([N+](=O)[O-])cc2[N+](=O)[O-])CCN1c1nc(-c2ccc(F)cc2)cs1. The Kier molecular flexibility index (Phi) is 5.51. The van der Waals surface area contributed by atoms with Gasteiger partial charge in [0.15, 0.2) is 5.13 Å². The number of non-ortho nitro benzene ring substituents is 1. The molecule has 1 aliphatic heterocycles. The largest absolute Gasteiger partial charge is 0.362 e. The second-order valence-electron chi connectivity index (χ2n) is 7.20. The van der Waals surface area contributed by atoms with Gasteiger partial charge < -0.3 is 9.80 Å². The third-order valence-electron chi connectivity index (χ3n) is 5.21. The van der Waals surface area contributed by atoms with Crippen molar-refractivity contribution in [2.24, 2.45) is 0 Å². The van der Waals surface area contributed by atoms with Gasteiger partial charge >= 0.3 is 0 Å². The highest BCUT2D eigenvalue weighted by molar-refractivity contribution is 7.14. The van der Waals surface area contributed by atoms with Gasteiger partial charge in [0.2, 0.25) is 0 Å². The maximum Gasteiger partial charge on any atom is 0.299 e. The number of nitro groups is 2. The summed E-state index contributed by atoms with van der Waals surface area (Å²) in [6.07, 6.45) is 0. The van der Waals surface area contributed by atoms with Gasteiger partial charge in [-0.3, -0.25) is 20.2 Å². The van der Waals surface area contributed by atoms with Crippen molar-refractivity contribution in [1.29, 1.82) is 0 Å². The lowest BCUT2D eigenvalue weighted by molar-refractivity contribution is -0.393. The molecule has 1 aromatic heterocycles. The van der Waals surface area contributed by atoms with E-state index in [-0.39, 0.29) is 23.2 Å². The first-order chi connectivity index (χ1) is 14.8. The van der Waals surface area contributed by atoms with E-state index in [9.17, 15) is 24.6 Å². The van der Waals surface area contributed by atoms with Crippen molar-refractivity contribution in [2.45, 2.75) is 13.0 Å². The third-order valence-corrected chi connectivity index (χ3v) is 6.09. The molecule has 1 fully saturated rings. The molecule has 2 aromatic carbocycles. The van der Waals surface area contributed by atoms with E-state index in [1.54, 1.807) is 12.1 Å². The summed E-state index contributed by atoms with van der Waals surface area (Å²) >= 11 is 1.49. The number of halogens is 1. The average molecular weight is 443 g/mol. The lowest BCUT2D eigenvalue weighted by atomic mass is 10.1. The van der Waals surface area contributed by atoms with Crippen LogP contribution < -0.4 is 9.80 Å². The van der Waals surface area contributed by atoms with Crippen LogP contribution in [0.3, 0.4) is 0 Å². The molecule has 0 aliphatic carbocycles. The molecule has 2 heterocycles. The molecule has 3 aromatic rings. The smallest absolute Gasteiger partial charge is 0.299 e. The summed E-state index contributed by atoms with van der Waals surface area (Å²) in [6, 6.07) is 9.90. The number of nitrogens with zero attached hydrogens (tertiary/aromatic N) is 5. The van der Waals surface area contributed by atoms with Gasteiger partial charge in [-0.15, -0.1) is 11.3 Å². The summed E-state index contributed by atoms with van der Waals surface area (Å²) in [5, 5.41) is 25.2. The predicted molar refractivity (Wildman–Crippen MR) is 116 cm³/mol. The number of piperazine rings is 1. The molecule has 0 saturated carbocycles. The molecule has 0 bridgehead atoms. The van der Waals surface area contributed by atoms with Crippen LogP contribution in [0, 0.1) is 26.0 Å². The second-order valence-corrected chi connectivity index (χ2v) is 8.03. The van der Waals surface area contributed by atoms with Gasteiger partial charge in [0.05, 0.1) is 21.6 Å². The number of rotatable bonds is 5. The molecule has 1 aliphatic rings. The minimum absolute atomic E-state index is 0.00997. The topological polar surface area (TPSA) is 106 Å². The van der Waals surface area contributed by atoms with Crippen molar-refractivity contribution in [3.05, 3.63) is 73.9 Å². The molecule has 0 N–H and O–H groups in total. The normalized spacial score (nSPS) is 16.4. The van der Waals surface area contributed by atoms with Gasteiger partial charge in [-0.05, 0) is 37.3 Å². The zero-order valence-corrected chi connectivity index (χ0v) is 17.3. The quantitative estimate of drug-likeness (QED) is 0.423. The van der Waals surface area contributed by atoms with Crippen molar-refractivity contribution in [2.75, 3.05) is 29.4 Å². The van der Waals surface area contributed by atoms with Gasteiger partial charge in [-0.2, -0.15) is 0 Å². The fourth-order valence-electron chi connectivity index (χ4n) is 3.65. The predicted octanol–water partition coefficient (Wildman–Crippen LogP) is 4.48. The van der Waals surface area contributed by atoms with E-state index >= 15 is 0 Å². The summed E-state index contributed by atoms with van der Waals surface area (Å²) in [5.41, 5.74) is 1.38. The lowest BCUT2D eigenvalue weighted by Gasteiger charge is -2.40. The van der Waals surface area contributed by atoms with Crippen LogP contribution in [0.5, 0.6) is 0 Å². The molecule has 160 valence electrons. The highest BCUT2D eigenvalue weighted by Crippen LogP contribution is 2.35.